The fourth-order valence-electron chi connectivity index (χ4n) is 5.91. The summed E-state index contributed by atoms with van der Waals surface area (Å²) in [5.41, 5.74) is -0.186. The van der Waals surface area contributed by atoms with Crippen LogP contribution in [0.4, 0.5) is 0 Å². The van der Waals surface area contributed by atoms with E-state index in [4.69, 9.17) is 9.47 Å². The van der Waals surface area contributed by atoms with E-state index in [-0.39, 0.29) is 22.9 Å². The molecule has 0 aromatic carbocycles. The Kier molecular flexibility index (Phi) is 3.18. The number of ether oxygens (including phenoxy) is 2. The molecule has 2 saturated carbocycles. The molecule has 1 unspecified atom stereocenters. The van der Waals surface area contributed by atoms with Crippen molar-refractivity contribution in [3.8, 4) is 0 Å². The highest BCUT2D eigenvalue weighted by Crippen LogP contribution is 2.64. The van der Waals surface area contributed by atoms with Crippen molar-refractivity contribution in [2.45, 2.75) is 84.7 Å². The van der Waals surface area contributed by atoms with Crippen molar-refractivity contribution in [3.05, 3.63) is 0 Å². The summed E-state index contributed by atoms with van der Waals surface area (Å²) in [4.78, 5) is 12.1. The Balaban J connectivity index is 2.07. The topological polar surface area (TPSA) is 35.5 Å². The summed E-state index contributed by atoms with van der Waals surface area (Å²) in [6.45, 7) is 13.1. The Morgan fingerprint density at radius 1 is 1.05 bits per heavy atom. The summed E-state index contributed by atoms with van der Waals surface area (Å²) in [7, 11) is 0. The number of fused-ring (bicyclic) bond motifs is 2. The Hall–Kier alpha value is -0.410. The standard InChI is InChI=1S/C18H30O3/c1-15(2)8-7-9-17(5)12(15)10-14-18(6,13(17)11-19)21-16(3,4)20-14/h11-14H,7-10H2,1-6H3/t12?,13-,14-,17+,18+/m1/s1. The van der Waals surface area contributed by atoms with Gasteiger partial charge in [0.15, 0.2) is 5.79 Å². The van der Waals surface area contributed by atoms with Gasteiger partial charge in [-0.3, -0.25) is 0 Å². The minimum absolute atomic E-state index is 0.0261. The maximum atomic E-state index is 12.1. The van der Waals surface area contributed by atoms with Crippen molar-refractivity contribution < 1.29 is 14.3 Å². The van der Waals surface area contributed by atoms with E-state index in [0.29, 0.717) is 5.92 Å². The van der Waals surface area contributed by atoms with Crippen LogP contribution in [0.25, 0.3) is 0 Å². The minimum atomic E-state index is -0.589. The molecule has 3 nitrogen and oxygen atoms in total. The van der Waals surface area contributed by atoms with Crippen LogP contribution in [0.1, 0.15) is 67.2 Å². The Morgan fingerprint density at radius 3 is 2.33 bits per heavy atom. The third kappa shape index (κ3) is 2.03. The van der Waals surface area contributed by atoms with E-state index in [0.717, 1.165) is 19.1 Å². The Bertz CT molecular complexity index is 455. The van der Waals surface area contributed by atoms with Gasteiger partial charge in [-0.15, -0.1) is 0 Å². The highest BCUT2D eigenvalue weighted by Gasteiger charge is 2.67. The highest BCUT2D eigenvalue weighted by molar-refractivity contribution is 5.59. The Labute approximate surface area is 128 Å². The monoisotopic (exact) mass is 294 g/mol. The summed E-state index contributed by atoms with van der Waals surface area (Å²) in [5, 5.41) is 0. The van der Waals surface area contributed by atoms with Gasteiger partial charge >= 0.3 is 0 Å². The lowest BCUT2D eigenvalue weighted by Crippen LogP contribution is -2.63. The van der Waals surface area contributed by atoms with Crippen LogP contribution in [0, 0.1) is 22.7 Å². The van der Waals surface area contributed by atoms with Crippen LogP contribution in [0.15, 0.2) is 0 Å². The lowest BCUT2D eigenvalue weighted by Gasteiger charge is -2.60. The molecule has 0 N–H and O–H groups in total. The van der Waals surface area contributed by atoms with Crippen molar-refractivity contribution in [1.29, 1.82) is 0 Å². The lowest BCUT2D eigenvalue weighted by atomic mass is 9.45. The van der Waals surface area contributed by atoms with Gasteiger partial charge in [0.05, 0.1) is 12.0 Å². The second-order valence-electron chi connectivity index (χ2n) is 9.04. The first-order chi connectivity index (χ1) is 9.55. The van der Waals surface area contributed by atoms with Crippen molar-refractivity contribution in [1.82, 2.24) is 0 Å². The van der Waals surface area contributed by atoms with E-state index in [9.17, 15) is 4.79 Å². The fourth-order valence-corrected chi connectivity index (χ4v) is 5.91. The predicted molar refractivity (Wildman–Crippen MR) is 81.8 cm³/mol. The SMILES string of the molecule is CC1(C)O[C@@H]2CC3C(C)(C)CCC[C@]3(C)[C@@H](C=O)[C@]2(C)O1. The van der Waals surface area contributed by atoms with E-state index in [2.05, 4.69) is 27.7 Å². The van der Waals surface area contributed by atoms with Crippen molar-refractivity contribution in [2.75, 3.05) is 0 Å². The van der Waals surface area contributed by atoms with Gasteiger partial charge in [-0.05, 0) is 56.8 Å². The summed E-state index contributed by atoms with van der Waals surface area (Å²) in [6, 6.07) is 0. The van der Waals surface area contributed by atoms with Crippen molar-refractivity contribution in [2.24, 2.45) is 22.7 Å². The molecule has 0 aromatic heterocycles. The van der Waals surface area contributed by atoms with Gasteiger partial charge in [0.2, 0.25) is 0 Å². The van der Waals surface area contributed by atoms with Gasteiger partial charge in [0.25, 0.3) is 0 Å². The van der Waals surface area contributed by atoms with Gasteiger partial charge < -0.3 is 14.3 Å². The van der Waals surface area contributed by atoms with Crippen LogP contribution in [-0.4, -0.2) is 23.8 Å². The maximum Gasteiger partial charge on any atom is 0.164 e. The van der Waals surface area contributed by atoms with Gasteiger partial charge in [-0.1, -0.05) is 27.2 Å². The van der Waals surface area contributed by atoms with E-state index in [1.165, 1.54) is 12.8 Å². The van der Waals surface area contributed by atoms with Crippen LogP contribution in [0.5, 0.6) is 0 Å². The van der Waals surface area contributed by atoms with E-state index in [1.54, 1.807) is 0 Å². The quantitative estimate of drug-likeness (QED) is 0.687. The molecule has 5 atom stereocenters. The molecule has 0 spiro atoms. The molecule has 0 radical (unpaired) electrons. The number of hydrogen-bond donors (Lipinski definition) is 0. The first-order valence-corrected chi connectivity index (χ1v) is 8.38. The average molecular weight is 294 g/mol. The fraction of sp³-hybridized carbons (Fsp3) is 0.944. The van der Waals surface area contributed by atoms with E-state index < -0.39 is 11.4 Å². The van der Waals surface area contributed by atoms with Crippen molar-refractivity contribution >= 4 is 6.29 Å². The number of rotatable bonds is 1. The highest BCUT2D eigenvalue weighted by atomic mass is 16.8. The molecule has 21 heavy (non-hydrogen) atoms. The number of carbonyl (C=O) groups excluding carboxylic acids is 1. The molecule has 3 heteroatoms. The van der Waals surface area contributed by atoms with Crippen LogP contribution in [0.2, 0.25) is 0 Å². The second-order valence-corrected chi connectivity index (χ2v) is 9.04. The Morgan fingerprint density at radius 2 is 1.71 bits per heavy atom. The first-order valence-electron chi connectivity index (χ1n) is 8.38. The molecule has 3 rings (SSSR count). The molecular weight excluding hydrogens is 264 g/mol. The summed E-state index contributed by atoms with van der Waals surface area (Å²) in [5.74, 6) is -0.158. The molecule has 0 aromatic rings. The smallest absolute Gasteiger partial charge is 0.164 e. The van der Waals surface area contributed by atoms with E-state index in [1.807, 2.05) is 13.8 Å². The minimum Gasteiger partial charge on any atom is -0.344 e. The van der Waals surface area contributed by atoms with Gasteiger partial charge in [0, 0.05) is 0 Å². The van der Waals surface area contributed by atoms with Crippen LogP contribution < -0.4 is 0 Å². The van der Waals surface area contributed by atoms with Crippen LogP contribution in [0.3, 0.4) is 0 Å². The van der Waals surface area contributed by atoms with Crippen molar-refractivity contribution in [3.63, 3.8) is 0 Å². The maximum absolute atomic E-state index is 12.1. The molecule has 1 heterocycles. The molecular formula is C18H30O3. The lowest BCUT2D eigenvalue weighted by molar-refractivity contribution is -0.193. The zero-order chi connectivity index (χ0) is 15.7. The molecule has 1 aliphatic heterocycles. The molecule has 0 bridgehead atoms. The second kappa shape index (κ2) is 4.32. The predicted octanol–water partition coefficient (Wildman–Crippen LogP) is 3.95. The summed E-state index contributed by atoms with van der Waals surface area (Å²) in [6.07, 6.45) is 5.76. The van der Waals surface area contributed by atoms with Gasteiger partial charge in [-0.25, -0.2) is 0 Å². The molecule has 1 saturated heterocycles. The average Bonchev–Trinajstić information content (AvgIpc) is 2.54. The molecule has 2 aliphatic carbocycles. The summed E-state index contributed by atoms with van der Waals surface area (Å²) < 4.78 is 12.5. The number of carbonyl (C=O) groups is 1. The third-order valence-corrected chi connectivity index (χ3v) is 6.72. The zero-order valence-corrected chi connectivity index (χ0v) is 14.4. The molecule has 3 fully saturated rings. The number of aldehydes is 1. The van der Waals surface area contributed by atoms with E-state index >= 15 is 0 Å². The van der Waals surface area contributed by atoms with Crippen LogP contribution >= 0.6 is 0 Å². The molecule has 0 amide bonds. The zero-order valence-electron chi connectivity index (χ0n) is 14.4. The molecule has 120 valence electrons. The molecule has 3 aliphatic rings. The van der Waals surface area contributed by atoms with Gasteiger partial charge in [0.1, 0.15) is 11.9 Å². The van der Waals surface area contributed by atoms with Crippen LogP contribution in [-0.2, 0) is 14.3 Å². The largest absolute Gasteiger partial charge is 0.344 e. The van der Waals surface area contributed by atoms with Gasteiger partial charge in [-0.2, -0.15) is 0 Å². The normalized spacial score (nSPS) is 51.0. The first kappa shape index (κ1) is 15.5. The number of hydrogen-bond acceptors (Lipinski definition) is 3. The summed E-state index contributed by atoms with van der Waals surface area (Å²) >= 11 is 0. The third-order valence-electron chi connectivity index (χ3n) is 6.72.